The van der Waals surface area contributed by atoms with Gasteiger partial charge in [-0.15, -0.1) is 0 Å². The van der Waals surface area contributed by atoms with Crippen molar-refractivity contribution in [1.29, 1.82) is 0 Å². The summed E-state index contributed by atoms with van der Waals surface area (Å²) in [5, 5.41) is 35.7. The summed E-state index contributed by atoms with van der Waals surface area (Å²) >= 11 is 11.9. The first-order valence-corrected chi connectivity index (χ1v) is 12.9. The normalized spacial score (nSPS) is 35.4. The molecule has 1 aromatic rings. The number of imide groups is 1. The fourth-order valence-electron chi connectivity index (χ4n) is 4.82. The molecule has 5 N–H and O–H groups in total. The first-order valence-electron chi connectivity index (χ1n) is 12.1. The lowest BCUT2D eigenvalue weighted by Gasteiger charge is -2.42. The number of alkyl halides is 1. The molecule has 3 aliphatic rings. The number of aliphatic hydroxyl groups excluding tert-OH is 3. The van der Waals surface area contributed by atoms with Gasteiger partial charge in [0.2, 0.25) is 18.6 Å². The summed E-state index contributed by atoms with van der Waals surface area (Å²) in [7, 11) is 0. The van der Waals surface area contributed by atoms with Crippen LogP contribution in [-0.4, -0.2) is 99.9 Å². The second-order valence-corrected chi connectivity index (χ2v) is 10.4. The summed E-state index contributed by atoms with van der Waals surface area (Å²) < 4.78 is 31.6. The van der Waals surface area contributed by atoms with E-state index in [1.165, 1.54) is 32.0 Å². The highest BCUT2D eigenvalue weighted by atomic mass is 35.5. The zero-order valence-electron chi connectivity index (χ0n) is 20.9. The number of halogens is 3. The number of ether oxygens (including phenoxy) is 3. The molecule has 12 nitrogen and oxygen atoms in total. The molecule has 0 radical (unpaired) electrons. The van der Waals surface area contributed by atoms with Crippen molar-refractivity contribution in [3.63, 3.8) is 0 Å². The average Bonchev–Trinajstić information content (AvgIpc) is 3.41. The molecular weight excluding hydrogens is 564 g/mol. The number of benzene rings is 1. The number of carbonyl (C=O) groups excluding carboxylic acids is 3. The number of hydrogen-bond acceptors (Lipinski definition) is 9. The third-order valence-corrected chi connectivity index (χ3v) is 7.49. The number of urea groups is 1. The Morgan fingerprint density at radius 1 is 1.28 bits per heavy atom. The van der Waals surface area contributed by atoms with Crippen molar-refractivity contribution in [2.45, 2.75) is 69.4 Å². The molecule has 3 heterocycles. The van der Waals surface area contributed by atoms with Crippen LogP contribution in [0.25, 0.3) is 0 Å². The van der Waals surface area contributed by atoms with E-state index in [0.717, 1.165) is 6.20 Å². The van der Waals surface area contributed by atoms with E-state index in [0.29, 0.717) is 5.02 Å². The molecular formula is C24H29Cl2FN3O9+. The standard InChI is InChI=1S/C24H28Cl2FN3O9/c1-10-8-30(24(36)29-21(10)34,18-6-14(32)17(9-31)38-18)23-19(27)20(33)16(39-23)7-28-22(35)11(2)37-15-4-3-12(25)5-13(15)26/h3-5,8,11,14,16-20,23,31-33H,6-7,9H2,1-2H3,(H-,28,29,34,35,36)/p+1/t11?,14-,16+,17+,18+,19-,20+,23+,30-/m0/s1. The monoisotopic (exact) mass is 592 g/mol. The van der Waals surface area contributed by atoms with Crippen LogP contribution in [-0.2, 0) is 19.1 Å². The summed E-state index contributed by atoms with van der Waals surface area (Å²) in [6.07, 6.45) is -10.5. The van der Waals surface area contributed by atoms with E-state index in [9.17, 15) is 29.7 Å². The fraction of sp³-hybridized carbons (Fsp3) is 0.542. The van der Waals surface area contributed by atoms with E-state index in [1.54, 1.807) is 0 Å². The highest BCUT2D eigenvalue weighted by Gasteiger charge is 2.65. The minimum atomic E-state index is -2.16. The van der Waals surface area contributed by atoms with Gasteiger partial charge in [-0.2, -0.15) is 4.48 Å². The van der Waals surface area contributed by atoms with Gasteiger partial charge in [0.05, 0.1) is 29.7 Å². The third kappa shape index (κ3) is 5.63. The van der Waals surface area contributed by atoms with Crippen molar-refractivity contribution in [3.05, 3.63) is 40.0 Å². The lowest BCUT2D eigenvalue weighted by atomic mass is 10.1. The number of nitrogens with one attached hydrogen (secondary N) is 2. The Hall–Kier alpha value is -2.36. The maximum absolute atomic E-state index is 15.6. The van der Waals surface area contributed by atoms with E-state index < -0.39 is 78.1 Å². The fourth-order valence-corrected chi connectivity index (χ4v) is 5.27. The molecule has 0 bridgehead atoms. The molecule has 2 fully saturated rings. The molecule has 0 spiro atoms. The lowest BCUT2D eigenvalue weighted by Crippen LogP contribution is -2.69. The number of carbonyl (C=O) groups is 3. The molecule has 4 rings (SSSR count). The Morgan fingerprint density at radius 2 is 2.00 bits per heavy atom. The molecule has 0 aliphatic carbocycles. The molecule has 1 aromatic carbocycles. The van der Waals surface area contributed by atoms with Gasteiger partial charge in [-0.25, -0.2) is 14.5 Å². The predicted molar refractivity (Wildman–Crippen MR) is 133 cm³/mol. The van der Waals surface area contributed by atoms with Crippen molar-refractivity contribution in [1.82, 2.24) is 10.6 Å². The highest BCUT2D eigenvalue weighted by Crippen LogP contribution is 2.41. The first-order chi connectivity index (χ1) is 18.4. The summed E-state index contributed by atoms with van der Waals surface area (Å²) in [5.41, 5.74) is 0.0500. The van der Waals surface area contributed by atoms with E-state index in [-0.39, 0.29) is 29.3 Å². The van der Waals surface area contributed by atoms with Crippen molar-refractivity contribution in [2.75, 3.05) is 13.2 Å². The SMILES string of the molecule is CC1=C[N@@+]([C@@H]2O[C@H](CNC(=O)C(C)Oc3ccc(Cl)cc3Cl)[C@@H](O)[C@@H]2F)([C@H]2C[C@H](O)[C@@H](CO)O2)C(=O)NC1=O. The van der Waals surface area contributed by atoms with Gasteiger partial charge < -0.3 is 34.8 Å². The minimum absolute atomic E-state index is 0.0500. The van der Waals surface area contributed by atoms with Gasteiger partial charge in [0.1, 0.15) is 30.3 Å². The minimum Gasteiger partial charge on any atom is -0.479 e. The molecule has 214 valence electrons. The van der Waals surface area contributed by atoms with Crippen LogP contribution in [0.15, 0.2) is 30.0 Å². The van der Waals surface area contributed by atoms with E-state index in [2.05, 4.69) is 10.6 Å². The van der Waals surface area contributed by atoms with Crippen LogP contribution in [0.1, 0.15) is 20.3 Å². The Balaban J connectivity index is 1.50. The average molecular weight is 593 g/mol. The van der Waals surface area contributed by atoms with Crippen molar-refractivity contribution < 1.29 is 52.8 Å². The smallest absolute Gasteiger partial charge is 0.432 e. The van der Waals surface area contributed by atoms with Crippen LogP contribution in [0.3, 0.4) is 0 Å². The van der Waals surface area contributed by atoms with Crippen LogP contribution >= 0.6 is 23.2 Å². The van der Waals surface area contributed by atoms with Gasteiger partial charge in [-0.1, -0.05) is 23.2 Å². The van der Waals surface area contributed by atoms with E-state index >= 15 is 4.39 Å². The van der Waals surface area contributed by atoms with Crippen LogP contribution in [0.5, 0.6) is 5.75 Å². The zero-order valence-corrected chi connectivity index (χ0v) is 22.4. The number of aliphatic hydroxyl groups is 3. The van der Waals surface area contributed by atoms with Crippen LogP contribution in [0.2, 0.25) is 10.0 Å². The van der Waals surface area contributed by atoms with Gasteiger partial charge in [0.15, 0.2) is 6.10 Å². The first kappa shape index (κ1) is 29.6. The van der Waals surface area contributed by atoms with Gasteiger partial charge in [0, 0.05) is 11.6 Å². The largest absolute Gasteiger partial charge is 0.479 e. The number of amides is 4. The molecule has 1 unspecified atom stereocenters. The number of hydrogen-bond donors (Lipinski definition) is 5. The van der Waals surface area contributed by atoms with Gasteiger partial charge in [-0.05, 0) is 32.0 Å². The molecule has 0 aromatic heterocycles. The van der Waals surface area contributed by atoms with Crippen LogP contribution < -0.4 is 15.4 Å². The highest BCUT2D eigenvalue weighted by molar-refractivity contribution is 6.35. The Labute approximate surface area is 232 Å². The maximum Gasteiger partial charge on any atom is 0.432 e. The lowest BCUT2D eigenvalue weighted by molar-refractivity contribution is -0.900. The van der Waals surface area contributed by atoms with Gasteiger partial charge in [0.25, 0.3) is 11.8 Å². The topological polar surface area (TPSA) is 164 Å². The molecule has 9 atom stereocenters. The van der Waals surface area contributed by atoms with Crippen molar-refractivity contribution in [3.8, 4) is 5.75 Å². The Morgan fingerprint density at radius 3 is 2.64 bits per heavy atom. The third-order valence-electron chi connectivity index (χ3n) is 6.96. The molecule has 15 heteroatoms. The van der Waals surface area contributed by atoms with Crippen molar-refractivity contribution >= 4 is 41.0 Å². The molecule has 0 saturated carbocycles. The second-order valence-electron chi connectivity index (χ2n) is 9.60. The van der Waals surface area contributed by atoms with Gasteiger partial charge in [-0.3, -0.25) is 9.59 Å². The molecule has 3 aliphatic heterocycles. The Kier molecular flexibility index (Phi) is 8.83. The second kappa shape index (κ2) is 11.6. The summed E-state index contributed by atoms with van der Waals surface area (Å²) in [6.45, 7) is 1.93. The van der Waals surface area contributed by atoms with E-state index in [4.69, 9.17) is 37.4 Å². The number of quaternary nitrogens is 1. The quantitative estimate of drug-likeness (QED) is 0.274. The number of rotatable bonds is 8. The van der Waals surface area contributed by atoms with Crippen LogP contribution in [0, 0.1) is 0 Å². The van der Waals surface area contributed by atoms with Crippen LogP contribution in [0.4, 0.5) is 9.18 Å². The maximum atomic E-state index is 15.6. The van der Waals surface area contributed by atoms with Crippen molar-refractivity contribution in [2.24, 2.45) is 0 Å². The summed E-state index contributed by atoms with van der Waals surface area (Å²) in [4.78, 5) is 38.0. The molecule has 2 saturated heterocycles. The zero-order chi connectivity index (χ0) is 28.6. The Bertz CT molecular complexity index is 1170. The molecule has 39 heavy (non-hydrogen) atoms. The molecule has 4 amide bonds. The summed E-state index contributed by atoms with van der Waals surface area (Å²) in [6, 6.07) is 3.48. The van der Waals surface area contributed by atoms with Gasteiger partial charge >= 0.3 is 6.03 Å². The summed E-state index contributed by atoms with van der Waals surface area (Å²) in [5.74, 6) is -1.12. The predicted octanol–water partition coefficient (Wildman–Crippen LogP) is 0.739. The number of nitrogens with zero attached hydrogens (tertiary/aromatic N) is 1. The van der Waals surface area contributed by atoms with E-state index in [1.807, 2.05) is 0 Å².